The number of nitrogens with zero attached hydrogens (tertiary/aromatic N) is 1. The molecule has 1 atom stereocenters. The largest absolute Gasteiger partial charge is 0.374 e. The van der Waals surface area contributed by atoms with Crippen molar-refractivity contribution in [2.75, 3.05) is 11.9 Å². The lowest BCUT2D eigenvalue weighted by molar-refractivity contribution is -0.384. The molecule has 1 aliphatic heterocycles. The Morgan fingerprint density at radius 1 is 1.24 bits per heavy atom. The van der Waals surface area contributed by atoms with E-state index in [-0.39, 0.29) is 17.4 Å². The molecular formula is C15H13FN2O3. The Bertz CT molecular complexity index is 690. The van der Waals surface area contributed by atoms with Crippen LogP contribution in [0.2, 0.25) is 0 Å². The molecule has 6 heteroatoms. The third kappa shape index (κ3) is 2.57. The van der Waals surface area contributed by atoms with Gasteiger partial charge in [-0.25, -0.2) is 4.39 Å². The summed E-state index contributed by atoms with van der Waals surface area (Å²) in [5.74, 6) is -0.646. The Hall–Kier alpha value is -2.47. The molecule has 2 aromatic carbocycles. The molecule has 0 spiro atoms. The quantitative estimate of drug-likeness (QED) is 0.694. The molecule has 21 heavy (non-hydrogen) atoms. The lowest BCUT2D eigenvalue weighted by Crippen LogP contribution is -2.24. The molecule has 3 rings (SSSR count). The summed E-state index contributed by atoms with van der Waals surface area (Å²) in [4.78, 5) is 10.4. The zero-order chi connectivity index (χ0) is 14.8. The van der Waals surface area contributed by atoms with E-state index in [1.807, 2.05) is 24.3 Å². The van der Waals surface area contributed by atoms with E-state index in [9.17, 15) is 14.5 Å². The Morgan fingerprint density at radius 2 is 2.05 bits per heavy atom. The first-order valence-electron chi connectivity index (χ1n) is 6.52. The summed E-state index contributed by atoms with van der Waals surface area (Å²) < 4.78 is 19.4. The maximum absolute atomic E-state index is 13.9. The van der Waals surface area contributed by atoms with Crippen LogP contribution in [0.1, 0.15) is 17.2 Å². The van der Waals surface area contributed by atoms with Crippen LogP contribution in [0.3, 0.4) is 0 Å². The lowest BCUT2D eigenvalue weighted by Gasteiger charge is -2.27. The van der Waals surface area contributed by atoms with E-state index in [0.29, 0.717) is 13.2 Å². The first-order valence-corrected chi connectivity index (χ1v) is 6.52. The van der Waals surface area contributed by atoms with Gasteiger partial charge in [-0.15, -0.1) is 0 Å². The molecule has 0 saturated heterocycles. The molecule has 1 heterocycles. The van der Waals surface area contributed by atoms with Gasteiger partial charge in [-0.2, -0.15) is 0 Å². The topological polar surface area (TPSA) is 64.4 Å². The minimum atomic E-state index is -0.646. The van der Waals surface area contributed by atoms with Gasteiger partial charge in [-0.3, -0.25) is 10.1 Å². The highest BCUT2D eigenvalue weighted by Crippen LogP contribution is 2.33. The summed E-state index contributed by atoms with van der Waals surface area (Å²) in [7, 11) is 0. The van der Waals surface area contributed by atoms with Crippen molar-refractivity contribution >= 4 is 11.4 Å². The first-order chi connectivity index (χ1) is 10.2. The zero-order valence-corrected chi connectivity index (χ0v) is 11.1. The van der Waals surface area contributed by atoms with Crippen molar-refractivity contribution in [1.29, 1.82) is 0 Å². The number of nitro benzene ring substituents is 1. The second-order valence-electron chi connectivity index (χ2n) is 4.80. The predicted octanol–water partition coefficient (Wildman–Crippen LogP) is 3.42. The minimum absolute atomic E-state index is 0.104. The number of ether oxygens (including phenoxy) is 1. The van der Waals surface area contributed by atoms with Crippen LogP contribution in [0, 0.1) is 15.9 Å². The van der Waals surface area contributed by atoms with E-state index in [1.165, 1.54) is 18.2 Å². The van der Waals surface area contributed by atoms with Gasteiger partial charge in [0, 0.05) is 6.07 Å². The van der Waals surface area contributed by atoms with E-state index < -0.39 is 10.7 Å². The molecule has 1 aliphatic rings. The number of hydrogen-bond acceptors (Lipinski definition) is 4. The van der Waals surface area contributed by atoms with Crippen LogP contribution in [0.5, 0.6) is 0 Å². The Labute approximate surface area is 120 Å². The van der Waals surface area contributed by atoms with Crippen LogP contribution in [0.4, 0.5) is 15.8 Å². The van der Waals surface area contributed by atoms with Gasteiger partial charge >= 0.3 is 0 Å². The second-order valence-corrected chi connectivity index (χ2v) is 4.80. The molecular weight excluding hydrogens is 275 g/mol. The highest BCUT2D eigenvalue weighted by Gasteiger charge is 2.25. The van der Waals surface area contributed by atoms with Gasteiger partial charge in [0.1, 0.15) is 5.69 Å². The Balaban J connectivity index is 1.97. The van der Waals surface area contributed by atoms with Gasteiger partial charge in [-0.1, -0.05) is 30.3 Å². The summed E-state index contributed by atoms with van der Waals surface area (Å²) in [6.45, 7) is 0.830. The van der Waals surface area contributed by atoms with Gasteiger partial charge in [-0.05, 0) is 17.2 Å². The standard InChI is InChI=1S/C15H13FN2O3/c16-12-6-3-7-14(18(19)20)15(12)17-13-9-21-8-10-4-1-2-5-11(10)13/h1-7,13,17H,8-9H2. The molecule has 0 aliphatic carbocycles. The number of nitro groups is 1. The van der Waals surface area contributed by atoms with Gasteiger partial charge in [0.15, 0.2) is 5.82 Å². The van der Waals surface area contributed by atoms with Crippen LogP contribution in [0.25, 0.3) is 0 Å². The third-order valence-corrected chi connectivity index (χ3v) is 3.48. The number of para-hydroxylation sites is 1. The van der Waals surface area contributed by atoms with E-state index in [4.69, 9.17) is 4.74 Å². The first kappa shape index (κ1) is 13.5. The minimum Gasteiger partial charge on any atom is -0.374 e. The second kappa shape index (κ2) is 5.49. The van der Waals surface area contributed by atoms with Crippen LogP contribution < -0.4 is 5.32 Å². The highest BCUT2D eigenvalue weighted by atomic mass is 19.1. The van der Waals surface area contributed by atoms with Gasteiger partial charge < -0.3 is 10.1 Å². The van der Waals surface area contributed by atoms with Gasteiger partial charge in [0.2, 0.25) is 0 Å². The summed E-state index contributed by atoms with van der Waals surface area (Å²) in [6, 6.07) is 11.1. The number of anilines is 1. The van der Waals surface area contributed by atoms with Crippen LogP contribution in [-0.2, 0) is 11.3 Å². The van der Waals surface area contributed by atoms with Crippen molar-refractivity contribution in [3.05, 3.63) is 69.5 Å². The lowest BCUT2D eigenvalue weighted by atomic mass is 9.99. The van der Waals surface area contributed by atoms with Crippen LogP contribution in [0.15, 0.2) is 42.5 Å². The van der Waals surface area contributed by atoms with Gasteiger partial charge in [0.25, 0.3) is 5.69 Å². The number of rotatable bonds is 3. The Kier molecular flexibility index (Phi) is 3.53. The summed E-state index contributed by atoms with van der Waals surface area (Å²) in [5.41, 5.74) is 1.59. The van der Waals surface area contributed by atoms with Crippen molar-refractivity contribution in [1.82, 2.24) is 0 Å². The van der Waals surface area contributed by atoms with E-state index >= 15 is 0 Å². The van der Waals surface area contributed by atoms with Crippen molar-refractivity contribution in [3.63, 3.8) is 0 Å². The van der Waals surface area contributed by atoms with Crippen molar-refractivity contribution < 1.29 is 14.1 Å². The number of benzene rings is 2. The molecule has 108 valence electrons. The van der Waals surface area contributed by atoms with Crippen molar-refractivity contribution in [3.8, 4) is 0 Å². The molecule has 5 nitrogen and oxygen atoms in total. The molecule has 0 saturated carbocycles. The van der Waals surface area contributed by atoms with E-state index in [2.05, 4.69) is 5.32 Å². The molecule has 1 N–H and O–H groups in total. The third-order valence-electron chi connectivity index (χ3n) is 3.48. The maximum atomic E-state index is 13.9. The maximum Gasteiger partial charge on any atom is 0.295 e. The molecule has 1 unspecified atom stereocenters. The zero-order valence-electron chi connectivity index (χ0n) is 11.1. The van der Waals surface area contributed by atoms with Crippen LogP contribution >= 0.6 is 0 Å². The molecule has 2 aromatic rings. The number of hydrogen-bond donors (Lipinski definition) is 1. The highest BCUT2D eigenvalue weighted by molar-refractivity contribution is 5.63. The van der Waals surface area contributed by atoms with Crippen molar-refractivity contribution in [2.24, 2.45) is 0 Å². The fourth-order valence-corrected chi connectivity index (χ4v) is 2.48. The average molecular weight is 288 g/mol. The molecule has 0 radical (unpaired) electrons. The SMILES string of the molecule is O=[N+]([O-])c1cccc(F)c1NC1COCc2ccccc21. The van der Waals surface area contributed by atoms with Crippen LogP contribution in [-0.4, -0.2) is 11.5 Å². The summed E-state index contributed by atoms with van der Waals surface area (Å²) in [5, 5.41) is 13.9. The monoisotopic (exact) mass is 288 g/mol. The number of fused-ring (bicyclic) bond motifs is 1. The fraction of sp³-hybridized carbons (Fsp3) is 0.200. The number of halogens is 1. The average Bonchev–Trinajstić information content (AvgIpc) is 2.49. The number of nitrogens with one attached hydrogen (secondary N) is 1. The van der Waals surface area contributed by atoms with E-state index in [0.717, 1.165) is 11.1 Å². The Morgan fingerprint density at radius 3 is 2.86 bits per heavy atom. The van der Waals surface area contributed by atoms with E-state index in [1.54, 1.807) is 0 Å². The normalized spacial score (nSPS) is 17.1. The predicted molar refractivity (Wildman–Crippen MR) is 75.5 cm³/mol. The summed E-state index contributed by atoms with van der Waals surface area (Å²) in [6.07, 6.45) is 0. The molecule has 0 aromatic heterocycles. The molecule has 0 amide bonds. The summed E-state index contributed by atoms with van der Waals surface area (Å²) >= 11 is 0. The smallest absolute Gasteiger partial charge is 0.295 e. The fourth-order valence-electron chi connectivity index (χ4n) is 2.48. The van der Waals surface area contributed by atoms with Crippen molar-refractivity contribution in [2.45, 2.75) is 12.6 Å². The van der Waals surface area contributed by atoms with Gasteiger partial charge in [0.05, 0.1) is 24.2 Å². The molecule has 0 fully saturated rings. The molecule has 0 bridgehead atoms.